The van der Waals surface area contributed by atoms with Gasteiger partial charge < -0.3 is 11.1 Å². The lowest BCUT2D eigenvalue weighted by Gasteiger charge is -2.24. The zero-order chi connectivity index (χ0) is 11.4. The third-order valence-corrected chi connectivity index (χ3v) is 3.73. The van der Waals surface area contributed by atoms with Crippen LogP contribution in [0, 0.1) is 5.92 Å². The van der Waals surface area contributed by atoms with Crippen LogP contribution in [0.4, 0.5) is 0 Å². The molecule has 2 nitrogen and oxygen atoms in total. The minimum atomic E-state index is 0.429. The molecule has 1 aromatic rings. The molecule has 2 unspecified atom stereocenters. The van der Waals surface area contributed by atoms with Crippen molar-refractivity contribution in [2.75, 3.05) is 6.54 Å². The van der Waals surface area contributed by atoms with Crippen molar-refractivity contribution in [1.29, 1.82) is 0 Å². The summed E-state index contributed by atoms with van der Waals surface area (Å²) in [5, 5.41) is 3.72. The molecule has 0 aliphatic heterocycles. The average Bonchev–Trinajstić information content (AvgIpc) is 2.77. The fourth-order valence-electron chi connectivity index (χ4n) is 2.70. The molecule has 0 aromatic heterocycles. The Morgan fingerprint density at radius 3 is 2.75 bits per heavy atom. The fourth-order valence-corrected chi connectivity index (χ4v) is 2.70. The topological polar surface area (TPSA) is 38.0 Å². The number of rotatable bonds is 4. The monoisotopic (exact) mass is 218 g/mol. The third-order valence-electron chi connectivity index (χ3n) is 3.73. The van der Waals surface area contributed by atoms with E-state index in [4.69, 9.17) is 5.73 Å². The van der Waals surface area contributed by atoms with Crippen molar-refractivity contribution in [3.05, 3.63) is 35.9 Å². The lowest BCUT2D eigenvalue weighted by atomic mass is 10.0. The fraction of sp³-hybridized carbons (Fsp3) is 0.571. The molecule has 2 heteroatoms. The maximum absolute atomic E-state index is 5.80. The Morgan fingerprint density at radius 1 is 1.31 bits per heavy atom. The third kappa shape index (κ3) is 2.63. The van der Waals surface area contributed by atoms with Gasteiger partial charge in [0.05, 0.1) is 0 Å². The predicted molar refractivity (Wildman–Crippen MR) is 68.2 cm³/mol. The molecule has 1 fully saturated rings. The van der Waals surface area contributed by atoms with Crippen LogP contribution in [0.3, 0.4) is 0 Å². The Kier molecular flexibility index (Phi) is 3.97. The van der Waals surface area contributed by atoms with Gasteiger partial charge in [0.25, 0.3) is 0 Å². The Morgan fingerprint density at radius 2 is 2.06 bits per heavy atom. The molecule has 1 aliphatic carbocycles. The smallest absolute Gasteiger partial charge is 0.0294 e. The zero-order valence-electron chi connectivity index (χ0n) is 10.0. The molecular formula is C14H22N2. The first-order valence-electron chi connectivity index (χ1n) is 6.32. The molecule has 0 saturated heterocycles. The molecule has 2 rings (SSSR count). The predicted octanol–water partition coefficient (Wildman–Crippen LogP) is 2.46. The molecule has 1 aromatic carbocycles. The molecule has 0 spiro atoms. The molecule has 0 bridgehead atoms. The van der Waals surface area contributed by atoms with Crippen LogP contribution in [0.2, 0.25) is 0 Å². The van der Waals surface area contributed by atoms with Gasteiger partial charge in [-0.25, -0.2) is 0 Å². The summed E-state index contributed by atoms with van der Waals surface area (Å²) in [4.78, 5) is 0. The summed E-state index contributed by atoms with van der Waals surface area (Å²) in [6.45, 7) is 3.06. The van der Waals surface area contributed by atoms with Crippen LogP contribution in [-0.2, 0) is 0 Å². The highest BCUT2D eigenvalue weighted by atomic mass is 15.0. The Labute approximate surface area is 98.2 Å². The molecule has 3 N–H and O–H groups in total. The van der Waals surface area contributed by atoms with E-state index in [2.05, 4.69) is 42.6 Å². The highest BCUT2D eigenvalue weighted by Gasteiger charge is 2.26. The lowest BCUT2D eigenvalue weighted by molar-refractivity contribution is 0.374. The van der Waals surface area contributed by atoms with E-state index in [0.29, 0.717) is 18.0 Å². The second-order valence-electron chi connectivity index (χ2n) is 4.83. The highest BCUT2D eigenvalue weighted by Crippen LogP contribution is 2.27. The minimum Gasteiger partial charge on any atom is -0.330 e. The van der Waals surface area contributed by atoms with E-state index >= 15 is 0 Å². The standard InChI is InChI=1S/C14H22N2/c1-11(12-6-3-2-4-7-12)16-14-9-5-8-13(14)10-15/h2-4,6-7,11,13-14,16H,5,8-10,15H2,1H3/t11-,13?,14?/m0/s1. The molecule has 1 saturated carbocycles. The maximum atomic E-state index is 5.80. The van der Waals surface area contributed by atoms with Crippen LogP contribution < -0.4 is 11.1 Å². The van der Waals surface area contributed by atoms with Crippen LogP contribution in [-0.4, -0.2) is 12.6 Å². The normalized spacial score (nSPS) is 26.9. The number of hydrogen-bond acceptors (Lipinski definition) is 2. The van der Waals surface area contributed by atoms with Gasteiger partial charge in [-0.3, -0.25) is 0 Å². The summed E-state index contributed by atoms with van der Waals surface area (Å²) in [5.41, 5.74) is 7.16. The number of hydrogen-bond donors (Lipinski definition) is 2. The van der Waals surface area contributed by atoms with Crippen LogP contribution in [0.15, 0.2) is 30.3 Å². The molecule has 88 valence electrons. The molecule has 3 atom stereocenters. The first kappa shape index (κ1) is 11.6. The molecule has 0 amide bonds. The van der Waals surface area contributed by atoms with E-state index in [-0.39, 0.29) is 0 Å². The molecule has 16 heavy (non-hydrogen) atoms. The van der Waals surface area contributed by atoms with Crippen LogP contribution in [0.25, 0.3) is 0 Å². The average molecular weight is 218 g/mol. The first-order chi connectivity index (χ1) is 7.81. The Bertz CT molecular complexity index is 310. The van der Waals surface area contributed by atoms with Crippen molar-refractivity contribution in [3.8, 4) is 0 Å². The SMILES string of the molecule is C[C@H](NC1CCCC1CN)c1ccccc1. The second kappa shape index (κ2) is 5.46. The van der Waals surface area contributed by atoms with Crippen molar-refractivity contribution in [1.82, 2.24) is 5.32 Å². The van der Waals surface area contributed by atoms with Crippen molar-refractivity contribution in [2.45, 2.75) is 38.3 Å². The van der Waals surface area contributed by atoms with Gasteiger partial charge in [-0.15, -0.1) is 0 Å². The second-order valence-corrected chi connectivity index (χ2v) is 4.83. The van der Waals surface area contributed by atoms with Gasteiger partial charge >= 0.3 is 0 Å². The quantitative estimate of drug-likeness (QED) is 0.814. The van der Waals surface area contributed by atoms with Gasteiger partial charge in [0.2, 0.25) is 0 Å². The summed E-state index contributed by atoms with van der Waals surface area (Å²) >= 11 is 0. The summed E-state index contributed by atoms with van der Waals surface area (Å²) in [6, 6.07) is 11.7. The number of benzene rings is 1. The lowest BCUT2D eigenvalue weighted by Crippen LogP contribution is -2.37. The van der Waals surface area contributed by atoms with E-state index in [0.717, 1.165) is 6.54 Å². The molecule has 1 aliphatic rings. The van der Waals surface area contributed by atoms with Crippen LogP contribution in [0.5, 0.6) is 0 Å². The zero-order valence-corrected chi connectivity index (χ0v) is 10.0. The van der Waals surface area contributed by atoms with Crippen molar-refractivity contribution in [2.24, 2.45) is 11.7 Å². The van der Waals surface area contributed by atoms with Gasteiger partial charge in [0.15, 0.2) is 0 Å². The van der Waals surface area contributed by atoms with E-state index in [1.807, 2.05) is 0 Å². The molecule has 0 heterocycles. The van der Waals surface area contributed by atoms with E-state index in [1.54, 1.807) is 0 Å². The van der Waals surface area contributed by atoms with Crippen LogP contribution >= 0.6 is 0 Å². The van der Waals surface area contributed by atoms with Crippen molar-refractivity contribution in [3.63, 3.8) is 0 Å². The van der Waals surface area contributed by atoms with E-state index in [1.165, 1.54) is 24.8 Å². The van der Waals surface area contributed by atoms with Crippen molar-refractivity contribution >= 4 is 0 Å². The summed E-state index contributed by atoms with van der Waals surface area (Å²) in [7, 11) is 0. The maximum Gasteiger partial charge on any atom is 0.0294 e. The van der Waals surface area contributed by atoms with E-state index in [9.17, 15) is 0 Å². The van der Waals surface area contributed by atoms with Crippen LogP contribution in [0.1, 0.15) is 37.8 Å². The van der Waals surface area contributed by atoms with Gasteiger partial charge in [0, 0.05) is 12.1 Å². The summed E-state index contributed by atoms with van der Waals surface area (Å²) in [6.07, 6.45) is 3.88. The Balaban J connectivity index is 1.94. The van der Waals surface area contributed by atoms with Gasteiger partial charge in [-0.1, -0.05) is 36.8 Å². The summed E-state index contributed by atoms with van der Waals surface area (Å²) in [5.74, 6) is 0.672. The van der Waals surface area contributed by atoms with Gasteiger partial charge in [0.1, 0.15) is 0 Å². The highest BCUT2D eigenvalue weighted by molar-refractivity contribution is 5.18. The number of nitrogens with one attached hydrogen (secondary N) is 1. The minimum absolute atomic E-state index is 0.429. The largest absolute Gasteiger partial charge is 0.330 e. The van der Waals surface area contributed by atoms with E-state index < -0.39 is 0 Å². The van der Waals surface area contributed by atoms with Crippen molar-refractivity contribution < 1.29 is 0 Å². The van der Waals surface area contributed by atoms with Gasteiger partial charge in [-0.2, -0.15) is 0 Å². The summed E-state index contributed by atoms with van der Waals surface area (Å²) < 4.78 is 0. The molecule has 0 radical (unpaired) electrons. The van der Waals surface area contributed by atoms with Gasteiger partial charge in [-0.05, 0) is 37.8 Å². The molecular weight excluding hydrogens is 196 g/mol. The first-order valence-corrected chi connectivity index (χ1v) is 6.32. The Hall–Kier alpha value is -0.860. The number of nitrogens with two attached hydrogens (primary N) is 1.